The van der Waals surface area contributed by atoms with Gasteiger partial charge in [-0.3, -0.25) is 19.5 Å². The summed E-state index contributed by atoms with van der Waals surface area (Å²) in [6.45, 7) is 2.07. The van der Waals surface area contributed by atoms with Crippen molar-refractivity contribution in [3.05, 3.63) is 59.8 Å². The van der Waals surface area contributed by atoms with Crippen molar-refractivity contribution in [1.82, 2.24) is 4.90 Å². The first-order valence-corrected chi connectivity index (χ1v) is 6.56. The molecule has 0 N–H and O–H groups in total. The molecule has 0 aromatic heterocycles. The molecule has 0 atom stereocenters. The quantitative estimate of drug-likeness (QED) is 0.788. The molecule has 1 aromatic rings. The highest BCUT2D eigenvalue weighted by atomic mass is 16.2. The molecule has 0 bridgehead atoms. The second-order valence-corrected chi connectivity index (χ2v) is 4.78. The number of carbonyl (C=O) groups excluding carboxylic acids is 2. The first-order chi connectivity index (χ1) is 10.1. The Bertz CT molecular complexity index is 724. The van der Waals surface area contributed by atoms with Gasteiger partial charge in [-0.05, 0) is 31.2 Å². The van der Waals surface area contributed by atoms with Gasteiger partial charge in [0.1, 0.15) is 11.5 Å². The van der Waals surface area contributed by atoms with Crippen LogP contribution in [0.3, 0.4) is 0 Å². The Labute approximate surface area is 122 Å². The average molecular weight is 279 g/mol. The van der Waals surface area contributed by atoms with Gasteiger partial charge in [0.15, 0.2) is 0 Å². The first kappa shape index (κ1) is 13.2. The highest BCUT2D eigenvalue weighted by molar-refractivity contribution is 6.46. The number of rotatable bonds is 1. The number of hydrogen-bond donors (Lipinski definition) is 0. The molecule has 2 aliphatic heterocycles. The van der Waals surface area contributed by atoms with Crippen LogP contribution in [0.5, 0.6) is 0 Å². The fourth-order valence-electron chi connectivity index (χ4n) is 2.06. The Morgan fingerprint density at radius 1 is 1.24 bits per heavy atom. The Hall–Kier alpha value is -2.82. The molecule has 2 heterocycles. The summed E-state index contributed by atoms with van der Waals surface area (Å²) in [4.78, 5) is 33.9. The van der Waals surface area contributed by atoms with E-state index >= 15 is 0 Å². The summed E-state index contributed by atoms with van der Waals surface area (Å²) in [5, 5.41) is 0. The molecule has 104 valence electrons. The van der Waals surface area contributed by atoms with Crippen molar-refractivity contribution in [2.24, 2.45) is 9.98 Å². The van der Waals surface area contributed by atoms with Gasteiger partial charge in [-0.1, -0.05) is 23.8 Å². The molecule has 1 aromatic carbocycles. The molecule has 0 spiro atoms. The normalized spacial score (nSPS) is 18.7. The maximum Gasteiger partial charge on any atom is 0.280 e. The number of amidine groups is 1. The molecule has 5 nitrogen and oxygen atoms in total. The van der Waals surface area contributed by atoms with Crippen LogP contribution in [0.15, 0.2) is 58.7 Å². The first-order valence-electron chi connectivity index (χ1n) is 6.56. The van der Waals surface area contributed by atoms with Crippen molar-refractivity contribution in [1.29, 1.82) is 0 Å². The Morgan fingerprint density at radius 3 is 2.76 bits per heavy atom. The van der Waals surface area contributed by atoms with E-state index in [2.05, 4.69) is 9.98 Å². The lowest BCUT2D eigenvalue weighted by molar-refractivity contribution is -0.119. The van der Waals surface area contributed by atoms with Gasteiger partial charge in [0.05, 0.1) is 6.54 Å². The topological polar surface area (TPSA) is 62.1 Å². The Morgan fingerprint density at radius 2 is 2.00 bits per heavy atom. The van der Waals surface area contributed by atoms with E-state index in [9.17, 15) is 9.59 Å². The van der Waals surface area contributed by atoms with Gasteiger partial charge in [0.25, 0.3) is 11.8 Å². The molecule has 3 rings (SSSR count). The number of hydrogen-bond acceptors (Lipinski definition) is 3. The van der Waals surface area contributed by atoms with Crippen LogP contribution in [0.4, 0.5) is 0 Å². The third kappa shape index (κ3) is 2.58. The summed E-state index contributed by atoms with van der Waals surface area (Å²) in [7, 11) is 0. The van der Waals surface area contributed by atoms with Crippen LogP contribution in [0, 0.1) is 6.92 Å². The van der Waals surface area contributed by atoms with Gasteiger partial charge >= 0.3 is 0 Å². The molecule has 0 saturated carbocycles. The Kier molecular flexibility index (Phi) is 3.31. The smallest absolute Gasteiger partial charge is 0.267 e. The molecule has 2 amide bonds. The molecular weight excluding hydrogens is 266 g/mol. The molecular formula is C16H13N3O2. The lowest BCUT2D eigenvalue weighted by Gasteiger charge is -2.24. The molecule has 0 saturated heterocycles. The lowest BCUT2D eigenvalue weighted by atomic mass is 10.1. The van der Waals surface area contributed by atoms with Crippen molar-refractivity contribution in [2.45, 2.75) is 6.92 Å². The molecule has 0 fully saturated rings. The van der Waals surface area contributed by atoms with E-state index in [1.807, 2.05) is 25.1 Å². The van der Waals surface area contributed by atoms with Gasteiger partial charge in [-0.25, -0.2) is 4.99 Å². The third-order valence-electron chi connectivity index (χ3n) is 3.23. The number of aliphatic imine (C=N–C) groups is 2. The molecule has 0 aliphatic carbocycles. The standard InChI is InChI=1S/C16H13N3O2/c1-11-5-7-12(8-6-11)15(20)18-13-10-17-14-4-2-3-9-19(14)16(13)21/h2-9H,10H2,1H3. The summed E-state index contributed by atoms with van der Waals surface area (Å²) < 4.78 is 0. The lowest BCUT2D eigenvalue weighted by Crippen LogP contribution is -2.43. The van der Waals surface area contributed by atoms with E-state index in [0.717, 1.165) is 5.56 Å². The van der Waals surface area contributed by atoms with Crippen molar-refractivity contribution in [2.75, 3.05) is 6.54 Å². The zero-order valence-corrected chi connectivity index (χ0v) is 11.5. The fraction of sp³-hybridized carbons (Fsp3) is 0.125. The highest BCUT2D eigenvalue weighted by Crippen LogP contribution is 2.11. The number of amides is 2. The number of fused-ring (bicyclic) bond motifs is 1. The van der Waals surface area contributed by atoms with E-state index in [1.54, 1.807) is 30.5 Å². The fourth-order valence-corrected chi connectivity index (χ4v) is 2.06. The van der Waals surface area contributed by atoms with Crippen molar-refractivity contribution in [3.8, 4) is 0 Å². The molecule has 0 radical (unpaired) electrons. The zero-order valence-electron chi connectivity index (χ0n) is 11.5. The monoisotopic (exact) mass is 279 g/mol. The van der Waals surface area contributed by atoms with Crippen LogP contribution in [-0.4, -0.2) is 34.8 Å². The van der Waals surface area contributed by atoms with Gasteiger partial charge in [0, 0.05) is 11.8 Å². The molecule has 5 heteroatoms. The number of carbonyl (C=O) groups is 2. The molecule has 2 aliphatic rings. The van der Waals surface area contributed by atoms with E-state index in [0.29, 0.717) is 11.4 Å². The summed E-state index contributed by atoms with van der Waals surface area (Å²) in [6, 6.07) is 7.08. The van der Waals surface area contributed by atoms with Crippen LogP contribution in [-0.2, 0) is 4.79 Å². The molecule has 21 heavy (non-hydrogen) atoms. The van der Waals surface area contributed by atoms with E-state index < -0.39 is 5.91 Å². The minimum absolute atomic E-state index is 0.125. The van der Waals surface area contributed by atoms with E-state index in [4.69, 9.17) is 0 Å². The average Bonchev–Trinajstić information content (AvgIpc) is 2.51. The van der Waals surface area contributed by atoms with Crippen LogP contribution in [0.1, 0.15) is 15.9 Å². The second-order valence-electron chi connectivity index (χ2n) is 4.78. The van der Waals surface area contributed by atoms with E-state index in [-0.39, 0.29) is 18.2 Å². The zero-order chi connectivity index (χ0) is 14.8. The predicted molar refractivity (Wildman–Crippen MR) is 80.4 cm³/mol. The minimum Gasteiger partial charge on any atom is -0.267 e. The largest absolute Gasteiger partial charge is 0.280 e. The second kappa shape index (κ2) is 5.28. The molecule has 0 unspecified atom stereocenters. The minimum atomic E-state index is -0.423. The number of nitrogens with zero attached hydrogens (tertiary/aromatic N) is 3. The van der Waals surface area contributed by atoms with Crippen LogP contribution in [0.2, 0.25) is 0 Å². The van der Waals surface area contributed by atoms with Crippen molar-refractivity contribution < 1.29 is 9.59 Å². The van der Waals surface area contributed by atoms with Crippen LogP contribution >= 0.6 is 0 Å². The SMILES string of the molecule is Cc1ccc(C(=O)N=C2CN=C3C=CC=CN3C2=O)cc1. The van der Waals surface area contributed by atoms with Crippen molar-refractivity contribution >= 4 is 23.4 Å². The maximum absolute atomic E-state index is 12.3. The summed E-state index contributed by atoms with van der Waals surface area (Å²) in [5.74, 6) is -0.154. The van der Waals surface area contributed by atoms with Crippen LogP contribution in [0.25, 0.3) is 0 Å². The number of benzene rings is 1. The summed E-state index contributed by atoms with van der Waals surface area (Å²) in [5.41, 5.74) is 1.68. The van der Waals surface area contributed by atoms with Crippen molar-refractivity contribution in [3.63, 3.8) is 0 Å². The Balaban J connectivity index is 1.87. The maximum atomic E-state index is 12.3. The van der Waals surface area contributed by atoms with Gasteiger partial charge in [-0.2, -0.15) is 0 Å². The van der Waals surface area contributed by atoms with Crippen LogP contribution < -0.4 is 0 Å². The third-order valence-corrected chi connectivity index (χ3v) is 3.23. The highest BCUT2D eigenvalue weighted by Gasteiger charge is 2.27. The van der Waals surface area contributed by atoms with E-state index in [1.165, 1.54) is 4.90 Å². The summed E-state index contributed by atoms with van der Waals surface area (Å²) in [6.07, 6.45) is 6.91. The summed E-state index contributed by atoms with van der Waals surface area (Å²) >= 11 is 0. The number of allylic oxidation sites excluding steroid dienone is 2. The van der Waals surface area contributed by atoms with Gasteiger partial charge < -0.3 is 0 Å². The van der Waals surface area contributed by atoms with Gasteiger partial charge in [0.2, 0.25) is 0 Å². The number of aryl methyl sites for hydroxylation is 1. The van der Waals surface area contributed by atoms with Gasteiger partial charge in [-0.15, -0.1) is 0 Å². The predicted octanol–water partition coefficient (Wildman–Crippen LogP) is 1.90.